The van der Waals surface area contributed by atoms with Gasteiger partial charge in [-0.25, -0.2) is 9.59 Å². The number of ether oxygens (including phenoxy) is 2. The van der Waals surface area contributed by atoms with Gasteiger partial charge in [0.05, 0.1) is 11.5 Å². The van der Waals surface area contributed by atoms with Crippen molar-refractivity contribution in [1.29, 1.82) is 0 Å². The van der Waals surface area contributed by atoms with Crippen LogP contribution in [0.3, 0.4) is 0 Å². The maximum atomic E-state index is 13.2. The molecular weight excluding hydrogens is 392 g/mol. The first kappa shape index (κ1) is 22.5. The van der Waals surface area contributed by atoms with Crippen LogP contribution in [0.15, 0.2) is 55.1 Å². The van der Waals surface area contributed by atoms with E-state index in [1.807, 2.05) is 32.0 Å². The maximum Gasteiger partial charge on any atom is 0.380 e. The van der Waals surface area contributed by atoms with Crippen LogP contribution in [-0.2, 0) is 14.3 Å². The van der Waals surface area contributed by atoms with Crippen LogP contribution in [-0.4, -0.2) is 24.3 Å². The fourth-order valence-electron chi connectivity index (χ4n) is 4.44. The lowest BCUT2D eigenvalue weighted by molar-refractivity contribution is -0.148. The van der Waals surface area contributed by atoms with Gasteiger partial charge in [-0.2, -0.15) is 0 Å². The van der Waals surface area contributed by atoms with E-state index in [2.05, 4.69) is 20.4 Å². The Kier molecular flexibility index (Phi) is 6.74. The molecule has 0 aliphatic heterocycles. The molecule has 0 heterocycles. The molecule has 162 valence electrons. The summed E-state index contributed by atoms with van der Waals surface area (Å²) in [5.41, 5.74) is 3.52. The Morgan fingerprint density at radius 2 is 1.68 bits per heavy atom. The van der Waals surface area contributed by atoms with Crippen molar-refractivity contribution >= 4 is 17.7 Å². The summed E-state index contributed by atoms with van der Waals surface area (Å²) in [6, 6.07) is 11.8. The van der Waals surface area contributed by atoms with E-state index in [4.69, 9.17) is 9.47 Å². The van der Waals surface area contributed by atoms with E-state index in [-0.39, 0.29) is 24.2 Å². The highest BCUT2D eigenvalue weighted by Crippen LogP contribution is 2.47. The molecule has 2 aromatic rings. The summed E-state index contributed by atoms with van der Waals surface area (Å²) in [5, 5.41) is 0. The standard InChI is InChI=1S/C26H28O5/c1-6-14-30-25(28)19-10-12-20(13-11-19)31-26(29)24(27)23-18(5)16(3)17(4)22-15(2)8-7-9-21(22)23/h6-13,16-18,23H,1,14H2,2-5H3. The molecule has 3 rings (SSSR count). The number of Topliss-reactive ketones (excluding diaryl/α,β-unsaturated/α-hetero) is 1. The summed E-state index contributed by atoms with van der Waals surface area (Å²) in [4.78, 5) is 37.8. The first-order valence-electron chi connectivity index (χ1n) is 10.5. The van der Waals surface area contributed by atoms with E-state index in [0.29, 0.717) is 11.5 Å². The summed E-state index contributed by atoms with van der Waals surface area (Å²) in [7, 11) is 0. The van der Waals surface area contributed by atoms with E-state index in [0.717, 1.165) is 16.7 Å². The fraction of sp³-hybridized carbons (Fsp3) is 0.346. The molecule has 0 radical (unpaired) electrons. The predicted octanol–water partition coefficient (Wildman–Crippen LogP) is 4.99. The highest BCUT2D eigenvalue weighted by molar-refractivity contribution is 6.36. The number of esters is 2. The van der Waals surface area contributed by atoms with Crippen LogP contribution in [0.1, 0.15) is 59.7 Å². The molecule has 4 atom stereocenters. The Balaban J connectivity index is 1.79. The van der Waals surface area contributed by atoms with Crippen LogP contribution >= 0.6 is 0 Å². The average molecular weight is 421 g/mol. The molecule has 2 aromatic carbocycles. The van der Waals surface area contributed by atoms with E-state index in [9.17, 15) is 14.4 Å². The smallest absolute Gasteiger partial charge is 0.380 e. The van der Waals surface area contributed by atoms with Crippen LogP contribution in [0.25, 0.3) is 0 Å². The molecule has 5 heteroatoms. The minimum Gasteiger partial charge on any atom is -0.458 e. The van der Waals surface area contributed by atoms with Gasteiger partial charge in [-0.15, -0.1) is 0 Å². The lowest BCUT2D eigenvalue weighted by atomic mass is 9.63. The second-order valence-electron chi connectivity index (χ2n) is 8.23. The van der Waals surface area contributed by atoms with Gasteiger partial charge in [-0.1, -0.05) is 51.6 Å². The predicted molar refractivity (Wildman–Crippen MR) is 118 cm³/mol. The minimum absolute atomic E-state index is 0.00589. The summed E-state index contributed by atoms with van der Waals surface area (Å²) >= 11 is 0. The van der Waals surface area contributed by atoms with Gasteiger partial charge < -0.3 is 9.47 Å². The normalized spacial score (nSPS) is 22.2. The van der Waals surface area contributed by atoms with Crippen LogP contribution in [0.5, 0.6) is 5.75 Å². The van der Waals surface area contributed by atoms with Gasteiger partial charge in [0, 0.05) is 0 Å². The zero-order chi connectivity index (χ0) is 22.7. The molecular formula is C26H28O5. The van der Waals surface area contributed by atoms with E-state index >= 15 is 0 Å². The summed E-state index contributed by atoms with van der Waals surface area (Å²) in [6.07, 6.45) is 1.48. The zero-order valence-corrected chi connectivity index (χ0v) is 18.4. The van der Waals surface area contributed by atoms with Crippen molar-refractivity contribution in [2.45, 2.75) is 39.5 Å². The Morgan fingerprint density at radius 1 is 1.00 bits per heavy atom. The van der Waals surface area contributed by atoms with Crippen molar-refractivity contribution < 1.29 is 23.9 Å². The van der Waals surface area contributed by atoms with Crippen molar-refractivity contribution in [3.05, 3.63) is 77.4 Å². The number of aryl methyl sites for hydroxylation is 1. The fourth-order valence-corrected chi connectivity index (χ4v) is 4.44. The monoisotopic (exact) mass is 420 g/mol. The number of carbonyl (C=O) groups is 3. The van der Waals surface area contributed by atoms with Crippen molar-refractivity contribution in [3.63, 3.8) is 0 Å². The van der Waals surface area contributed by atoms with Gasteiger partial charge in [-0.3, -0.25) is 4.79 Å². The third-order valence-electron chi connectivity index (χ3n) is 6.41. The highest BCUT2D eigenvalue weighted by Gasteiger charge is 2.43. The summed E-state index contributed by atoms with van der Waals surface area (Å²) < 4.78 is 10.3. The minimum atomic E-state index is -0.895. The number of ketones is 1. The average Bonchev–Trinajstić information content (AvgIpc) is 2.76. The molecule has 0 bridgehead atoms. The second kappa shape index (κ2) is 9.29. The van der Waals surface area contributed by atoms with Gasteiger partial charge >= 0.3 is 11.9 Å². The SMILES string of the molecule is C=CCOC(=O)c1ccc(OC(=O)C(=O)C2c3cccc(C)c3C(C)C(C)C2C)cc1. The molecule has 1 aliphatic rings. The number of fused-ring (bicyclic) bond motifs is 1. The van der Waals surface area contributed by atoms with Gasteiger partial charge in [0.15, 0.2) is 0 Å². The van der Waals surface area contributed by atoms with Gasteiger partial charge in [0.1, 0.15) is 12.4 Å². The first-order valence-corrected chi connectivity index (χ1v) is 10.5. The molecule has 0 amide bonds. The Bertz CT molecular complexity index is 1000. The number of hydrogen-bond donors (Lipinski definition) is 0. The van der Waals surface area contributed by atoms with Crippen LogP contribution in [0.2, 0.25) is 0 Å². The van der Waals surface area contributed by atoms with Crippen LogP contribution in [0, 0.1) is 18.8 Å². The number of hydrogen-bond acceptors (Lipinski definition) is 5. The maximum absolute atomic E-state index is 13.2. The quantitative estimate of drug-likeness (QED) is 0.285. The van der Waals surface area contributed by atoms with E-state index in [1.165, 1.54) is 30.3 Å². The number of benzene rings is 2. The molecule has 0 saturated carbocycles. The second-order valence-corrected chi connectivity index (χ2v) is 8.23. The van der Waals surface area contributed by atoms with Crippen molar-refractivity contribution in [2.24, 2.45) is 11.8 Å². The molecule has 0 aromatic heterocycles. The van der Waals surface area contributed by atoms with Gasteiger partial charge in [-0.05, 0) is 65.6 Å². The third kappa shape index (κ3) is 4.46. The molecule has 31 heavy (non-hydrogen) atoms. The zero-order valence-electron chi connectivity index (χ0n) is 18.4. The molecule has 0 fully saturated rings. The topological polar surface area (TPSA) is 69.7 Å². The van der Waals surface area contributed by atoms with Crippen molar-refractivity contribution in [2.75, 3.05) is 6.61 Å². The third-order valence-corrected chi connectivity index (χ3v) is 6.41. The van der Waals surface area contributed by atoms with E-state index < -0.39 is 23.6 Å². The first-order chi connectivity index (χ1) is 14.8. The summed E-state index contributed by atoms with van der Waals surface area (Å²) in [5.74, 6) is -1.72. The number of rotatable bonds is 6. The largest absolute Gasteiger partial charge is 0.458 e. The molecule has 0 N–H and O–H groups in total. The van der Waals surface area contributed by atoms with Gasteiger partial charge in [0.2, 0.25) is 5.78 Å². The Hall–Kier alpha value is -3.21. The highest BCUT2D eigenvalue weighted by atomic mass is 16.5. The van der Waals surface area contributed by atoms with Crippen molar-refractivity contribution in [1.82, 2.24) is 0 Å². The van der Waals surface area contributed by atoms with Crippen LogP contribution in [0.4, 0.5) is 0 Å². The molecule has 4 unspecified atom stereocenters. The molecule has 0 spiro atoms. The van der Waals surface area contributed by atoms with Gasteiger partial charge in [0.25, 0.3) is 0 Å². The van der Waals surface area contributed by atoms with Crippen molar-refractivity contribution in [3.8, 4) is 5.75 Å². The van der Waals surface area contributed by atoms with Crippen LogP contribution < -0.4 is 4.74 Å². The molecule has 1 aliphatic carbocycles. The lowest BCUT2D eigenvalue weighted by Crippen LogP contribution is -2.38. The molecule has 0 saturated heterocycles. The Labute approximate surface area is 183 Å². The Morgan fingerprint density at radius 3 is 2.32 bits per heavy atom. The van der Waals surface area contributed by atoms with E-state index in [1.54, 1.807) is 0 Å². The number of carbonyl (C=O) groups excluding carboxylic acids is 3. The molecule has 5 nitrogen and oxygen atoms in total. The summed E-state index contributed by atoms with van der Waals surface area (Å²) in [6.45, 7) is 12.0. The lowest BCUT2D eigenvalue weighted by Gasteiger charge is -2.40.